The van der Waals surface area contributed by atoms with E-state index < -0.39 is 18.1 Å². The number of carbonyl (C=O) groups is 3. The van der Waals surface area contributed by atoms with E-state index in [2.05, 4.69) is 105 Å². The molecule has 0 aromatic heterocycles. The SMILES string of the molecule is CC/C=C/C=C/C=C/C=C/CCCCCCCC(=O)OC(COCCC(C(=O)O)[N+](C)(C)C)COC(=O)CCCCC/C=C/C/C=C/C/C=C/C/C=C/C/C=C/C/C=C/CC. The molecule has 0 amide bonds. The van der Waals surface area contributed by atoms with Gasteiger partial charge in [-0.1, -0.05) is 161 Å². The van der Waals surface area contributed by atoms with Crippen LogP contribution in [0.4, 0.5) is 0 Å². The Labute approximate surface area is 371 Å². The zero-order valence-electron chi connectivity index (χ0n) is 38.8. The van der Waals surface area contributed by atoms with Crippen LogP contribution in [-0.2, 0) is 28.6 Å². The molecule has 2 atom stereocenters. The number of quaternary nitrogens is 1. The molecule has 0 saturated heterocycles. The van der Waals surface area contributed by atoms with Crippen molar-refractivity contribution in [2.75, 3.05) is 41.0 Å². The van der Waals surface area contributed by atoms with Gasteiger partial charge in [-0.05, 0) is 83.5 Å². The van der Waals surface area contributed by atoms with E-state index in [1.807, 2.05) is 51.5 Å². The maximum absolute atomic E-state index is 12.7. The minimum absolute atomic E-state index is 0.0311. The van der Waals surface area contributed by atoms with Crippen molar-refractivity contribution >= 4 is 17.9 Å². The van der Waals surface area contributed by atoms with Gasteiger partial charge in [0.05, 0.1) is 34.4 Å². The van der Waals surface area contributed by atoms with E-state index in [-0.39, 0.29) is 42.7 Å². The molecule has 0 rings (SSSR count). The summed E-state index contributed by atoms with van der Waals surface area (Å²) >= 11 is 0. The molecule has 342 valence electrons. The summed E-state index contributed by atoms with van der Waals surface area (Å²) in [6, 6.07) is -0.633. The Kier molecular flexibility index (Phi) is 39.5. The normalized spacial score (nSPS) is 14.0. The number of carbonyl (C=O) groups excluding carboxylic acids is 2. The molecule has 0 heterocycles. The Bertz CT molecular complexity index is 1400. The number of carboxylic acids is 1. The molecule has 0 fully saturated rings. The predicted octanol–water partition coefficient (Wildman–Crippen LogP) is 13.0. The summed E-state index contributed by atoms with van der Waals surface area (Å²) < 4.78 is 17.2. The standard InChI is InChI=1S/C53H83NO7/c1-6-8-10-12-14-16-18-20-22-23-24-25-26-27-28-30-31-33-35-37-39-41-43-51(55)60-48-49(47-59-46-45-50(53(57)58)54(3,4)5)61-52(56)44-42-40-38-36-34-32-29-21-19-17-15-13-11-9-7-2/h8-11,13-17,19-22,24-25,27-29,31,33,49-50H,6-7,12,18,23,26,30,32,34-48H2,1-5H3/p+1/b10-8+,11-9+,15-13+,16-14+,19-17+,22-20+,25-24+,28-27+,29-21+,33-31+. The number of rotatable bonds is 39. The van der Waals surface area contributed by atoms with Crippen molar-refractivity contribution < 1.29 is 38.2 Å². The van der Waals surface area contributed by atoms with Gasteiger partial charge < -0.3 is 23.8 Å². The first-order chi connectivity index (χ1) is 29.6. The van der Waals surface area contributed by atoms with Crippen molar-refractivity contribution in [3.63, 3.8) is 0 Å². The molecule has 0 spiro atoms. The van der Waals surface area contributed by atoms with Crippen molar-refractivity contribution in [2.24, 2.45) is 0 Å². The monoisotopic (exact) mass is 847 g/mol. The van der Waals surface area contributed by atoms with Crippen LogP contribution in [0.25, 0.3) is 0 Å². The maximum atomic E-state index is 12.7. The lowest BCUT2D eigenvalue weighted by Crippen LogP contribution is -2.50. The van der Waals surface area contributed by atoms with Crippen LogP contribution in [0.2, 0.25) is 0 Å². The Morgan fingerprint density at radius 2 is 0.951 bits per heavy atom. The molecule has 8 heteroatoms. The summed E-state index contributed by atoms with van der Waals surface area (Å²) in [5.74, 6) is -1.56. The quantitative estimate of drug-likeness (QED) is 0.0216. The van der Waals surface area contributed by atoms with E-state index in [9.17, 15) is 19.5 Å². The van der Waals surface area contributed by atoms with Crippen LogP contribution in [0, 0.1) is 0 Å². The van der Waals surface area contributed by atoms with Gasteiger partial charge in [-0.2, -0.15) is 0 Å². The van der Waals surface area contributed by atoms with Gasteiger partial charge in [0, 0.05) is 19.3 Å². The molecule has 0 aliphatic rings. The smallest absolute Gasteiger partial charge is 0.362 e. The van der Waals surface area contributed by atoms with Crippen molar-refractivity contribution in [1.82, 2.24) is 0 Å². The molecule has 2 unspecified atom stereocenters. The highest BCUT2D eigenvalue weighted by Crippen LogP contribution is 2.12. The second-order valence-corrected chi connectivity index (χ2v) is 16.0. The minimum atomic E-state index is -0.891. The van der Waals surface area contributed by atoms with Crippen molar-refractivity contribution in [2.45, 2.75) is 154 Å². The summed E-state index contributed by atoms with van der Waals surface area (Å²) in [6.07, 6.45) is 59.6. The summed E-state index contributed by atoms with van der Waals surface area (Å²) in [5.41, 5.74) is 0. The molecular formula is C53H84NO7+. The van der Waals surface area contributed by atoms with E-state index in [0.717, 1.165) is 109 Å². The second-order valence-electron chi connectivity index (χ2n) is 16.0. The molecule has 61 heavy (non-hydrogen) atoms. The Morgan fingerprint density at radius 3 is 1.49 bits per heavy atom. The number of likely N-dealkylation sites (N-methyl/N-ethyl adjacent to an activating group) is 1. The van der Waals surface area contributed by atoms with E-state index in [4.69, 9.17) is 14.2 Å². The van der Waals surface area contributed by atoms with E-state index in [1.54, 1.807) is 0 Å². The Morgan fingerprint density at radius 1 is 0.508 bits per heavy atom. The third-order valence-corrected chi connectivity index (χ3v) is 9.45. The van der Waals surface area contributed by atoms with Gasteiger partial charge in [0.15, 0.2) is 12.1 Å². The zero-order chi connectivity index (χ0) is 44.9. The minimum Gasteiger partial charge on any atom is -0.477 e. The Hall–Kier alpha value is -4.27. The third-order valence-electron chi connectivity index (χ3n) is 9.45. The average molecular weight is 847 g/mol. The van der Waals surface area contributed by atoms with Gasteiger partial charge in [-0.25, -0.2) is 4.79 Å². The number of ether oxygens (including phenoxy) is 3. The second kappa shape index (κ2) is 42.4. The molecule has 0 aromatic carbocycles. The average Bonchev–Trinajstić information content (AvgIpc) is 3.22. The maximum Gasteiger partial charge on any atom is 0.362 e. The van der Waals surface area contributed by atoms with E-state index in [0.29, 0.717) is 12.8 Å². The van der Waals surface area contributed by atoms with Crippen molar-refractivity contribution in [3.05, 3.63) is 122 Å². The molecule has 0 aromatic rings. The van der Waals surface area contributed by atoms with Gasteiger partial charge in [-0.15, -0.1) is 0 Å². The fourth-order valence-electron chi connectivity index (χ4n) is 5.93. The lowest BCUT2D eigenvalue weighted by molar-refractivity contribution is -0.887. The highest BCUT2D eigenvalue weighted by atomic mass is 16.6. The zero-order valence-corrected chi connectivity index (χ0v) is 38.8. The highest BCUT2D eigenvalue weighted by Gasteiger charge is 2.31. The van der Waals surface area contributed by atoms with Crippen LogP contribution in [0.5, 0.6) is 0 Å². The lowest BCUT2D eigenvalue weighted by Gasteiger charge is -2.31. The van der Waals surface area contributed by atoms with Crippen LogP contribution < -0.4 is 0 Å². The first-order valence-corrected chi connectivity index (χ1v) is 23.1. The van der Waals surface area contributed by atoms with Gasteiger partial charge in [-0.3, -0.25) is 9.59 Å². The summed E-state index contributed by atoms with van der Waals surface area (Å²) in [7, 11) is 5.49. The van der Waals surface area contributed by atoms with Crippen LogP contribution >= 0.6 is 0 Å². The van der Waals surface area contributed by atoms with E-state index in [1.165, 1.54) is 0 Å². The number of nitrogens with zero attached hydrogens (tertiary/aromatic N) is 1. The van der Waals surface area contributed by atoms with Crippen LogP contribution in [0.1, 0.15) is 142 Å². The van der Waals surface area contributed by atoms with Gasteiger partial charge in [0.2, 0.25) is 0 Å². The van der Waals surface area contributed by atoms with Crippen molar-refractivity contribution in [1.29, 1.82) is 0 Å². The number of aliphatic carboxylic acids is 1. The molecule has 8 nitrogen and oxygen atoms in total. The van der Waals surface area contributed by atoms with Crippen LogP contribution in [-0.4, -0.2) is 80.6 Å². The number of allylic oxidation sites excluding steroid dienone is 20. The van der Waals surface area contributed by atoms with Gasteiger partial charge in [0.1, 0.15) is 6.61 Å². The molecular weight excluding hydrogens is 763 g/mol. The number of unbranched alkanes of at least 4 members (excludes halogenated alkanes) is 8. The first kappa shape index (κ1) is 56.7. The van der Waals surface area contributed by atoms with Gasteiger partial charge >= 0.3 is 17.9 Å². The molecule has 0 bridgehead atoms. The van der Waals surface area contributed by atoms with Crippen LogP contribution in [0.3, 0.4) is 0 Å². The lowest BCUT2D eigenvalue weighted by atomic mass is 10.1. The fraction of sp³-hybridized carbons (Fsp3) is 0.566. The Balaban J connectivity index is 4.43. The molecule has 0 aliphatic carbocycles. The molecule has 0 radical (unpaired) electrons. The molecule has 0 saturated carbocycles. The summed E-state index contributed by atoms with van der Waals surface area (Å²) in [5, 5.41) is 9.63. The highest BCUT2D eigenvalue weighted by molar-refractivity contribution is 5.72. The summed E-state index contributed by atoms with van der Waals surface area (Å²) in [6.45, 7) is 4.39. The predicted molar refractivity (Wildman–Crippen MR) is 256 cm³/mol. The summed E-state index contributed by atoms with van der Waals surface area (Å²) in [4.78, 5) is 37.0. The largest absolute Gasteiger partial charge is 0.477 e. The number of hydrogen-bond donors (Lipinski definition) is 1. The molecule has 0 aliphatic heterocycles. The van der Waals surface area contributed by atoms with E-state index >= 15 is 0 Å². The molecule has 1 N–H and O–H groups in total. The van der Waals surface area contributed by atoms with Crippen LogP contribution in [0.15, 0.2) is 122 Å². The topological polar surface area (TPSA) is 99.1 Å². The number of hydrogen-bond acceptors (Lipinski definition) is 6. The van der Waals surface area contributed by atoms with Gasteiger partial charge in [0.25, 0.3) is 0 Å². The third kappa shape index (κ3) is 40.9. The first-order valence-electron chi connectivity index (χ1n) is 23.1. The number of carboxylic acid groups (broad SMARTS) is 1. The fourth-order valence-corrected chi connectivity index (χ4v) is 5.93. The van der Waals surface area contributed by atoms with Crippen molar-refractivity contribution in [3.8, 4) is 0 Å². The number of esters is 2.